The zero-order chi connectivity index (χ0) is 10.1. The fraction of sp³-hybridized carbons (Fsp3) is 1.00. The average Bonchev–Trinajstić information content (AvgIpc) is 2.01. The van der Waals surface area contributed by atoms with Gasteiger partial charge in [-0.05, 0) is 44.2 Å². The Morgan fingerprint density at radius 2 is 2.00 bits per heavy atom. The van der Waals surface area contributed by atoms with E-state index in [9.17, 15) is 0 Å². The van der Waals surface area contributed by atoms with Crippen molar-refractivity contribution in [1.82, 2.24) is 4.90 Å². The zero-order valence-electron chi connectivity index (χ0n) is 9.93. The molecule has 13 heavy (non-hydrogen) atoms. The van der Waals surface area contributed by atoms with Gasteiger partial charge in [0, 0.05) is 6.04 Å². The summed E-state index contributed by atoms with van der Waals surface area (Å²) in [4.78, 5) is 2.51. The molecular formula is C12H25N. The van der Waals surface area contributed by atoms with Gasteiger partial charge < -0.3 is 4.90 Å². The van der Waals surface area contributed by atoms with Gasteiger partial charge in [0.2, 0.25) is 0 Å². The first-order valence-corrected chi connectivity index (χ1v) is 5.66. The molecule has 0 aromatic heterocycles. The number of rotatable bonds is 2. The Balaban J connectivity index is 2.53. The minimum atomic E-state index is 0.588. The van der Waals surface area contributed by atoms with Crippen LogP contribution in [0.25, 0.3) is 0 Å². The Morgan fingerprint density at radius 1 is 1.38 bits per heavy atom. The summed E-state index contributed by atoms with van der Waals surface area (Å²) in [7, 11) is 2.26. The van der Waals surface area contributed by atoms with Gasteiger partial charge in [-0.3, -0.25) is 0 Å². The first-order chi connectivity index (χ1) is 5.96. The van der Waals surface area contributed by atoms with Gasteiger partial charge in [-0.25, -0.2) is 0 Å². The quantitative estimate of drug-likeness (QED) is 0.635. The van der Waals surface area contributed by atoms with Crippen molar-refractivity contribution in [2.75, 3.05) is 13.6 Å². The van der Waals surface area contributed by atoms with Gasteiger partial charge in [0.05, 0.1) is 0 Å². The van der Waals surface area contributed by atoms with Gasteiger partial charge in [-0.1, -0.05) is 27.7 Å². The predicted octanol–water partition coefficient (Wildman–Crippen LogP) is 3.15. The van der Waals surface area contributed by atoms with Crippen molar-refractivity contribution in [3.63, 3.8) is 0 Å². The van der Waals surface area contributed by atoms with Crippen LogP contribution in [-0.2, 0) is 0 Å². The molecule has 1 fully saturated rings. The lowest BCUT2D eigenvalue weighted by atomic mass is 9.70. The summed E-state index contributed by atoms with van der Waals surface area (Å²) < 4.78 is 0. The lowest BCUT2D eigenvalue weighted by Crippen LogP contribution is -2.42. The lowest BCUT2D eigenvalue weighted by Gasteiger charge is -2.43. The molecule has 0 spiro atoms. The molecule has 0 aromatic rings. The van der Waals surface area contributed by atoms with Gasteiger partial charge in [0.15, 0.2) is 0 Å². The van der Waals surface area contributed by atoms with E-state index >= 15 is 0 Å². The first-order valence-electron chi connectivity index (χ1n) is 5.66. The fourth-order valence-corrected chi connectivity index (χ4v) is 2.82. The van der Waals surface area contributed by atoms with E-state index < -0.39 is 0 Å². The summed E-state index contributed by atoms with van der Waals surface area (Å²) in [6.07, 6.45) is 4.17. The van der Waals surface area contributed by atoms with Crippen LogP contribution < -0.4 is 0 Å². The zero-order valence-corrected chi connectivity index (χ0v) is 9.93. The summed E-state index contributed by atoms with van der Waals surface area (Å²) in [6, 6.07) is 0.832. The van der Waals surface area contributed by atoms with Crippen molar-refractivity contribution < 1.29 is 0 Å². The van der Waals surface area contributed by atoms with E-state index in [0.29, 0.717) is 5.41 Å². The van der Waals surface area contributed by atoms with Crippen LogP contribution in [-0.4, -0.2) is 24.5 Å². The van der Waals surface area contributed by atoms with E-state index in [1.165, 1.54) is 25.8 Å². The molecule has 1 saturated carbocycles. The molecule has 1 heteroatoms. The molecular weight excluding hydrogens is 158 g/mol. The second kappa shape index (κ2) is 4.00. The Labute approximate surface area is 83.5 Å². The third-order valence-electron chi connectivity index (χ3n) is 3.71. The van der Waals surface area contributed by atoms with E-state index in [1.54, 1.807) is 0 Å². The van der Waals surface area contributed by atoms with E-state index in [-0.39, 0.29) is 0 Å². The molecule has 0 saturated heterocycles. The molecule has 1 rings (SSSR count). The van der Waals surface area contributed by atoms with Crippen molar-refractivity contribution in [3.8, 4) is 0 Å². The Kier molecular flexibility index (Phi) is 3.39. The Hall–Kier alpha value is -0.0400. The molecule has 1 nitrogen and oxygen atoms in total. The molecule has 0 aliphatic heterocycles. The average molecular weight is 183 g/mol. The monoisotopic (exact) mass is 183 g/mol. The smallest absolute Gasteiger partial charge is 0.0118 e. The van der Waals surface area contributed by atoms with Crippen LogP contribution in [0.15, 0.2) is 0 Å². The van der Waals surface area contributed by atoms with Crippen molar-refractivity contribution in [2.45, 2.75) is 53.0 Å². The summed E-state index contributed by atoms with van der Waals surface area (Å²) in [5, 5.41) is 0. The van der Waals surface area contributed by atoms with Crippen LogP contribution in [0, 0.1) is 11.3 Å². The van der Waals surface area contributed by atoms with Gasteiger partial charge in [0.25, 0.3) is 0 Å². The van der Waals surface area contributed by atoms with Crippen molar-refractivity contribution in [1.29, 1.82) is 0 Å². The molecule has 2 atom stereocenters. The van der Waals surface area contributed by atoms with Crippen LogP contribution in [0.3, 0.4) is 0 Å². The SMILES string of the molecule is CCN(C)C1CCC(C)(C)CC1C. The maximum Gasteiger partial charge on any atom is 0.0118 e. The summed E-state index contributed by atoms with van der Waals surface area (Å²) in [6.45, 7) is 10.7. The van der Waals surface area contributed by atoms with Crippen molar-refractivity contribution >= 4 is 0 Å². The van der Waals surface area contributed by atoms with Crippen LogP contribution in [0.4, 0.5) is 0 Å². The van der Waals surface area contributed by atoms with Crippen molar-refractivity contribution in [2.24, 2.45) is 11.3 Å². The molecule has 2 unspecified atom stereocenters. The van der Waals surface area contributed by atoms with E-state index in [0.717, 1.165) is 12.0 Å². The second-order valence-corrected chi connectivity index (χ2v) is 5.52. The molecule has 0 bridgehead atoms. The second-order valence-electron chi connectivity index (χ2n) is 5.52. The lowest BCUT2D eigenvalue weighted by molar-refractivity contribution is 0.0800. The maximum absolute atomic E-state index is 2.51. The molecule has 78 valence electrons. The summed E-state index contributed by atoms with van der Waals surface area (Å²) in [5.41, 5.74) is 0.588. The van der Waals surface area contributed by atoms with Crippen molar-refractivity contribution in [3.05, 3.63) is 0 Å². The predicted molar refractivity (Wildman–Crippen MR) is 58.9 cm³/mol. The molecule has 0 radical (unpaired) electrons. The minimum Gasteiger partial charge on any atom is -0.303 e. The molecule has 0 aromatic carbocycles. The standard InChI is InChI=1S/C12H25N/c1-6-13(5)11-7-8-12(3,4)9-10(11)2/h10-11H,6-9H2,1-5H3. The molecule has 0 amide bonds. The topological polar surface area (TPSA) is 3.24 Å². The largest absolute Gasteiger partial charge is 0.303 e. The van der Waals surface area contributed by atoms with Gasteiger partial charge >= 0.3 is 0 Å². The Bertz CT molecular complexity index is 163. The summed E-state index contributed by atoms with van der Waals surface area (Å²) in [5.74, 6) is 0.869. The normalized spacial score (nSPS) is 33.7. The van der Waals surface area contributed by atoms with E-state index in [4.69, 9.17) is 0 Å². The van der Waals surface area contributed by atoms with Gasteiger partial charge in [-0.15, -0.1) is 0 Å². The summed E-state index contributed by atoms with van der Waals surface area (Å²) >= 11 is 0. The fourth-order valence-electron chi connectivity index (χ4n) is 2.82. The molecule has 1 aliphatic rings. The highest BCUT2D eigenvalue weighted by molar-refractivity contribution is 4.87. The highest BCUT2D eigenvalue weighted by Gasteiger charge is 2.33. The maximum atomic E-state index is 2.51. The third-order valence-corrected chi connectivity index (χ3v) is 3.71. The number of hydrogen-bond donors (Lipinski definition) is 0. The van der Waals surface area contributed by atoms with Gasteiger partial charge in [-0.2, -0.15) is 0 Å². The number of hydrogen-bond acceptors (Lipinski definition) is 1. The molecule has 1 aliphatic carbocycles. The highest BCUT2D eigenvalue weighted by atomic mass is 15.1. The van der Waals surface area contributed by atoms with Crippen LogP contribution in [0.2, 0.25) is 0 Å². The third kappa shape index (κ3) is 2.70. The Morgan fingerprint density at radius 3 is 2.46 bits per heavy atom. The van der Waals surface area contributed by atoms with E-state index in [1.807, 2.05) is 0 Å². The van der Waals surface area contributed by atoms with Crippen LogP contribution in [0.1, 0.15) is 47.0 Å². The minimum absolute atomic E-state index is 0.588. The van der Waals surface area contributed by atoms with Crippen LogP contribution >= 0.6 is 0 Å². The highest BCUT2D eigenvalue weighted by Crippen LogP contribution is 2.39. The molecule has 0 heterocycles. The van der Waals surface area contributed by atoms with Crippen LogP contribution in [0.5, 0.6) is 0 Å². The van der Waals surface area contributed by atoms with Gasteiger partial charge in [0.1, 0.15) is 0 Å². The molecule has 0 N–H and O–H groups in total. The van der Waals surface area contributed by atoms with E-state index in [2.05, 4.69) is 39.6 Å². The first kappa shape index (κ1) is 11.0. The number of nitrogens with zero attached hydrogens (tertiary/aromatic N) is 1.